The third-order valence-electron chi connectivity index (χ3n) is 4.42. The molecule has 0 spiro atoms. The fourth-order valence-electron chi connectivity index (χ4n) is 3.01. The quantitative estimate of drug-likeness (QED) is 0.574. The van der Waals surface area contributed by atoms with Crippen molar-refractivity contribution in [2.24, 2.45) is 0 Å². The number of pyridine rings is 2. The number of hydroxylamine groups is 1. The SMILES string of the molecule is O=C(NOC1CCCCO1)Nc1cc(-c2ccc(Br)cc2)nc2ccncc12. The van der Waals surface area contributed by atoms with E-state index in [1.54, 1.807) is 12.4 Å². The zero-order valence-corrected chi connectivity index (χ0v) is 16.6. The van der Waals surface area contributed by atoms with Crippen LogP contribution in [-0.2, 0) is 9.57 Å². The number of urea groups is 1. The van der Waals surface area contributed by atoms with E-state index in [0.29, 0.717) is 12.3 Å². The first-order valence-electron chi connectivity index (χ1n) is 9.04. The molecule has 3 heterocycles. The summed E-state index contributed by atoms with van der Waals surface area (Å²) in [5.41, 5.74) is 5.44. The van der Waals surface area contributed by atoms with Gasteiger partial charge in [0.05, 0.1) is 16.9 Å². The largest absolute Gasteiger partial charge is 0.350 e. The average Bonchev–Trinajstić information content (AvgIpc) is 2.73. The number of ether oxygens (including phenoxy) is 1. The molecule has 3 aromatic rings. The van der Waals surface area contributed by atoms with E-state index in [2.05, 4.69) is 36.7 Å². The van der Waals surface area contributed by atoms with Crippen molar-refractivity contribution in [3.8, 4) is 11.3 Å². The van der Waals surface area contributed by atoms with Gasteiger partial charge in [0, 0.05) is 40.8 Å². The second kappa shape index (κ2) is 8.64. The highest BCUT2D eigenvalue weighted by molar-refractivity contribution is 9.10. The van der Waals surface area contributed by atoms with Crippen LogP contribution in [0.4, 0.5) is 10.5 Å². The molecule has 1 aromatic carbocycles. The van der Waals surface area contributed by atoms with Gasteiger partial charge in [-0.05, 0) is 37.1 Å². The van der Waals surface area contributed by atoms with E-state index < -0.39 is 12.3 Å². The Bertz CT molecular complexity index is 975. The minimum absolute atomic E-state index is 0.409. The summed E-state index contributed by atoms with van der Waals surface area (Å²) >= 11 is 3.44. The lowest BCUT2D eigenvalue weighted by Gasteiger charge is -2.22. The maximum absolute atomic E-state index is 12.3. The minimum Gasteiger partial charge on any atom is -0.350 e. The second-order valence-electron chi connectivity index (χ2n) is 6.42. The monoisotopic (exact) mass is 442 g/mol. The number of carbonyl (C=O) groups is 1. The van der Waals surface area contributed by atoms with E-state index in [1.807, 2.05) is 36.4 Å². The molecule has 7 nitrogen and oxygen atoms in total. The van der Waals surface area contributed by atoms with E-state index in [1.165, 1.54) is 0 Å². The number of amides is 2. The van der Waals surface area contributed by atoms with E-state index in [0.717, 1.165) is 45.9 Å². The van der Waals surface area contributed by atoms with Crippen molar-refractivity contribution in [1.29, 1.82) is 0 Å². The Morgan fingerprint density at radius 1 is 1.21 bits per heavy atom. The number of carbonyl (C=O) groups excluding carboxylic acids is 1. The van der Waals surface area contributed by atoms with Gasteiger partial charge in [-0.3, -0.25) is 4.98 Å². The number of halogens is 1. The van der Waals surface area contributed by atoms with Crippen molar-refractivity contribution in [2.45, 2.75) is 25.6 Å². The maximum Gasteiger partial charge on any atom is 0.343 e. The maximum atomic E-state index is 12.3. The molecule has 1 atom stereocenters. The smallest absolute Gasteiger partial charge is 0.343 e. The normalized spacial score (nSPS) is 16.7. The number of fused-ring (bicyclic) bond motifs is 1. The lowest BCUT2D eigenvalue weighted by molar-refractivity contribution is -0.185. The van der Waals surface area contributed by atoms with Crippen molar-refractivity contribution in [2.75, 3.05) is 11.9 Å². The molecule has 2 aromatic heterocycles. The molecule has 1 saturated heterocycles. The molecule has 8 heteroatoms. The van der Waals surface area contributed by atoms with Crippen molar-refractivity contribution in [1.82, 2.24) is 15.4 Å². The topological polar surface area (TPSA) is 85.4 Å². The zero-order chi connectivity index (χ0) is 19.3. The number of nitrogens with one attached hydrogen (secondary N) is 2. The summed E-state index contributed by atoms with van der Waals surface area (Å²) in [7, 11) is 0. The van der Waals surface area contributed by atoms with Gasteiger partial charge in [0.1, 0.15) is 0 Å². The van der Waals surface area contributed by atoms with Gasteiger partial charge in [0.15, 0.2) is 6.29 Å². The van der Waals surface area contributed by atoms with E-state index >= 15 is 0 Å². The van der Waals surface area contributed by atoms with E-state index in [9.17, 15) is 4.79 Å². The average molecular weight is 443 g/mol. The number of rotatable bonds is 4. The van der Waals surface area contributed by atoms with Crippen molar-refractivity contribution in [3.63, 3.8) is 0 Å². The molecular weight excluding hydrogens is 424 g/mol. The highest BCUT2D eigenvalue weighted by atomic mass is 79.9. The zero-order valence-electron chi connectivity index (χ0n) is 15.0. The molecule has 28 heavy (non-hydrogen) atoms. The molecule has 0 bridgehead atoms. The van der Waals surface area contributed by atoms with Crippen LogP contribution < -0.4 is 10.8 Å². The van der Waals surface area contributed by atoms with Crippen molar-refractivity contribution >= 4 is 38.6 Å². The molecule has 0 aliphatic carbocycles. The summed E-state index contributed by atoms with van der Waals surface area (Å²) in [5, 5.41) is 3.57. The summed E-state index contributed by atoms with van der Waals surface area (Å²) in [4.78, 5) is 26.5. The predicted octanol–water partition coefficient (Wildman–Crippen LogP) is 4.64. The van der Waals surface area contributed by atoms with Gasteiger partial charge in [-0.15, -0.1) is 0 Å². The number of anilines is 1. The second-order valence-corrected chi connectivity index (χ2v) is 7.34. The Morgan fingerprint density at radius 2 is 2.07 bits per heavy atom. The number of hydrogen-bond donors (Lipinski definition) is 2. The molecule has 1 unspecified atom stereocenters. The van der Waals surface area contributed by atoms with Gasteiger partial charge in [-0.2, -0.15) is 0 Å². The summed E-state index contributed by atoms with van der Waals surface area (Å²) in [6, 6.07) is 11.0. The van der Waals surface area contributed by atoms with Crippen LogP contribution in [-0.4, -0.2) is 28.9 Å². The first-order chi connectivity index (χ1) is 13.7. The van der Waals surface area contributed by atoms with Crippen molar-refractivity contribution < 1.29 is 14.4 Å². The predicted molar refractivity (Wildman–Crippen MR) is 110 cm³/mol. The Labute approximate surface area is 170 Å². The van der Waals surface area contributed by atoms with Gasteiger partial charge in [0.2, 0.25) is 0 Å². The highest BCUT2D eigenvalue weighted by Gasteiger charge is 2.16. The van der Waals surface area contributed by atoms with E-state index in [4.69, 9.17) is 9.57 Å². The molecule has 4 rings (SSSR count). The fraction of sp³-hybridized carbons (Fsp3) is 0.250. The number of aromatic nitrogens is 2. The summed E-state index contributed by atoms with van der Waals surface area (Å²) in [6.07, 6.45) is 5.73. The van der Waals surface area contributed by atoms with Gasteiger partial charge in [-0.1, -0.05) is 28.1 Å². The fourth-order valence-corrected chi connectivity index (χ4v) is 3.28. The highest BCUT2D eigenvalue weighted by Crippen LogP contribution is 2.28. The first kappa shape index (κ1) is 18.8. The molecule has 2 N–H and O–H groups in total. The third-order valence-corrected chi connectivity index (χ3v) is 4.95. The molecule has 2 amide bonds. The molecule has 1 aliphatic rings. The van der Waals surface area contributed by atoms with Crippen LogP contribution in [0.25, 0.3) is 22.2 Å². The molecule has 1 fully saturated rings. The van der Waals surface area contributed by atoms with Crippen LogP contribution in [0.15, 0.2) is 53.3 Å². The van der Waals surface area contributed by atoms with Crippen LogP contribution in [0.2, 0.25) is 0 Å². The minimum atomic E-state index is -0.479. The number of benzene rings is 1. The molecule has 0 radical (unpaired) electrons. The van der Waals surface area contributed by atoms with Crippen LogP contribution in [0.5, 0.6) is 0 Å². The van der Waals surface area contributed by atoms with Crippen LogP contribution in [0, 0.1) is 0 Å². The van der Waals surface area contributed by atoms with Gasteiger partial charge in [0.25, 0.3) is 0 Å². The first-order valence-corrected chi connectivity index (χ1v) is 9.83. The Balaban J connectivity index is 1.56. The van der Waals surface area contributed by atoms with Crippen LogP contribution >= 0.6 is 15.9 Å². The molecule has 1 aliphatic heterocycles. The lowest BCUT2D eigenvalue weighted by Crippen LogP contribution is -2.35. The Kier molecular flexibility index (Phi) is 5.80. The van der Waals surface area contributed by atoms with Gasteiger partial charge < -0.3 is 10.1 Å². The summed E-state index contributed by atoms with van der Waals surface area (Å²) < 4.78 is 6.43. The molecule has 144 valence electrons. The Morgan fingerprint density at radius 3 is 2.86 bits per heavy atom. The van der Waals surface area contributed by atoms with Gasteiger partial charge in [-0.25, -0.2) is 20.1 Å². The van der Waals surface area contributed by atoms with E-state index in [-0.39, 0.29) is 0 Å². The van der Waals surface area contributed by atoms with Crippen LogP contribution in [0.3, 0.4) is 0 Å². The van der Waals surface area contributed by atoms with Gasteiger partial charge >= 0.3 is 6.03 Å². The van der Waals surface area contributed by atoms with Crippen LogP contribution in [0.1, 0.15) is 19.3 Å². The number of nitrogens with zero attached hydrogens (tertiary/aromatic N) is 2. The molecule has 0 saturated carbocycles. The van der Waals surface area contributed by atoms with Crippen molar-refractivity contribution in [3.05, 3.63) is 53.3 Å². The third kappa shape index (κ3) is 4.46. The summed E-state index contributed by atoms with van der Waals surface area (Å²) in [5.74, 6) is 0. The molecular formula is C20H19BrN4O3. The lowest BCUT2D eigenvalue weighted by atomic mass is 10.1. The summed E-state index contributed by atoms with van der Waals surface area (Å²) in [6.45, 7) is 0.644. The number of hydrogen-bond acceptors (Lipinski definition) is 5. The standard InChI is InChI=1S/C20H19BrN4O3/c21-14-6-4-13(5-7-14)17-11-18(15-12-22-9-8-16(15)23-17)24-20(26)25-28-19-3-1-2-10-27-19/h4-9,11-12,19H,1-3,10H2,(H2,23,24,25,26). The Hall–Kier alpha value is -2.55.